The standard InChI is InChI=1S/C15H24ClNO2/c1-4-13(18)10-19-15-6-5-12(7-14(15)16)9-17-8-11(2)3/h5-7,11,13,17-18H,4,8-10H2,1-3H3. The molecule has 19 heavy (non-hydrogen) atoms. The molecule has 0 saturated heterocycles. The minimum atomic E-state index is -0.441. The second-order valence-electron chi connectivity index (χ2n) is 5.16. The minimum Gasteiger partial charge on any atom is -0.489 e. The van der Waals surface area contributed by atoms with Gasteiger partial charge < -0.3 is 15.2 Å². The highest BCUT2D eigenvalue weighted by molar-refractivity contribution is 6.32. The van der Waals surface area contributed by atoms with Crippen molar-refractivity contribution in [1.29, 1.82) is 0 Å². The number of aliphatic hydroxyl groups is 1. The Morgan fingerprint density at radius 2 is 2.11 bits per heavy atom. The Morgan fingerprint density at radius 3 is 2.68 bits per heavy atom. The van der Waals surface area contributed by atoms with Gasteiger partial charge in [-0.2, -0.15) is 0 Å². The number of aliphatic hydroxyl groups excluding tert-OH is 1. The van der Waals surface area contributed by atoms with Crippen molar-refractivity contribution < 1.29 is 9.84 Å². The van der Waals surface area contributed by atoms with Gasteiger partial charge in [0.2, 0.25) is 0 Å². The summed E-state index contributed by atoms with van der Waals surface area (Å²) >= 11 is 6.16. The Morgan fingerprint density at radius 1 is 1.37 bits per heavy atom. The van der Waals surface area contributed by atoms with E-state index in [1.807, 2.05) is 25.1 Å². The number of halogens is 1. The van der Waals surface area contributed by atoms with Gasteiger partial charge in [-0.25, -0.2) is 0 Å². The lowest BCUT2D eigenvalue weighted by atomic mass is 10.2. The largest absolute Gasteiger partial charge is 0.489 e. The van der Waals surface area contributed by atoms with E-state index in [0.29, 0.717) is 23.1 Å². The van der Waals surface area contributed by atoms with Crippen LogP contribution in [0.25, 0.3) is 0 Å². The first-order chi connectivity index (χ1) is 9.02. The summed E-state index contributed by atoms with van der Waals surface area (Å²) in [5.74, 6) is 1.26. The van der Waals surface area contributed by atoms with E-state index in [-0.39, 0.29) is 6.61 Å². The van der Waals surface area contributed by atoms with Crippen LogP contribution in [0.5, 0.6) is 5.75 Å². The predicted molar refractivity (Wildman–Crippen MR) is 79.8 cm³/mol. The van der Waals surface area contributed by atoms with Gasteiger partial charge >= 0.3 is 0 Å². The van der Waals surface area contributed by atoms with Crippen molar-refractivity contribution in [3.63, 3.8) is 0 Å². The van der Waals surface area contributed by atoms with E-state index in [2.05, 4.69) is 19.2 Å². The molecule has 4 heteroatoms. The third-order valence-corrected chi connectivity index (χ3v) is 3.08. The average Bonchev–Trinajstić information content (AvgIpc) is 2.37. The molecule has 0 saturated carbocycles. The van der Waals surface area contributed by atoms with Gasteiger partial charge in [0.05, 0.1) is 11.1 Å². The molecule has 0 aliphatic heterocycles. The third-order valence-electron chi connectivity index (χ3n) is 2.78. The monoisotopic (exact) mass is 285 g/mol. The van der Waals surface area contributed by atoms with Crippen LogP contribution >= 0.6 is 11.6 Å². The molecule has 0 spiro atoms. The summed E-state index contributed by atoms with van der Waals surface area (Å²) in [7, 11) is 0. The molecule has 0 aliphatic rings. The van der Waals surface area contributed by atoms with Crippen LogP contribution in [0.1, 0.15) is 32.8 Å². The molecular weight excluding hydrogens is 262 g/mol. The number of ether oxygens (including phenoxy) is 1. The molecule has 0 aromatic heterocycles. The zero-order valence-electron chi connectivity index (χ0n) is 11.9. The van der Waals surface area contributed by atoms with Gasteiger partial charge in [0.25, 0.3) is 0 Å². The molecule has 1 atom stereocenters. The normalized spacial score (nSPS) is 12.7. The van der Waals surface area contributed by atoms with E-state index in [4.69, 9.17) is 16.3 Å². The Bertz CT molecular complexity index is 382. The van der Waals surface area contributed by atoms with Crippen molar-refractivity contribution in [2.24, 2.45) is 5.92 Å². The average molecular weight is 286 g/mol. The molecule has 108 valence electrons. The molecule has 1 rings (SSSR count). The number of benzene rings is 1. The zero-order chi connectivity index (χ0) is 14.3. The Balaban J connectivity index is 2.49. The summed E-state index contributed by atoms with van der Waals surface area (Å²) in [5, 5.41) is 13.4. The molecule has 1 aromatic carbocycles. The van der Waals surface area contributed by atoms with Gasteiger partial charge in [-0.15, -0.1) is 0 Å². The second kappa shape index (κ2) is 8.41. The van der Waals surface area contributed by atoms with Gasteiger partial charge in [-0.05, 0) is 36.6 Å². The van der Waals surface area contributed by atoms with E-state index < -0.39 is 6.10 Å². The molecule has 0 fully saturated rings. The fourth-order valence-corrected chi connectivity index (χ4v) is 1.84. The number of hydrogen-bond acceptors (Lipinski definition) is 3. The molecular formula is C15H24ClNO2. The highest BCUT2D eigenvalue weighted by Crippen LogP contribution is 2.25. The molecule has 0 radical (unpaired) electrons. The molecule has 1 unspecified atom stereocenters. The van der Waals surface area contributed by atoms with Crippen LogP contribution in [0.2, 0.25) is 5.02 Å². The fraction of sp³-hybridized carbons (Fsp3) is 0.600. The second-order valence-corrected chi connectivity index (χ2v) is 5.57. The maximum atomic E-state index is 9.45. The SMILES string of the molecule is CCC(O)COc1ccc(CNCC(C)C)cc1Cl. The molecule has 1 aromatic rings. The summed E-state index contributed by atoms with van der Waals surface area (Å²) in [6.07, 6.45) is 0.234. The molecule has 3 nitrogen and oxygen atoms in total. The van der Waals surface area contributed by atoms with E-state index in [9.17, 15) is 5.11 Å². The summed E-state index contributed by atoms with van der Waals surface area (Å²) in [6.45, 7) is 8.33. The minimum absolute atomic E-state index is 0.279. The summed E-state index contributed by atoms with van der Waals surface area (Å²) in [6, 6.07) is 5.76. The predicted octanol–water partition coefficient (Wildman–Crippen LogP) is 3.24. The molecule has 0 aliphatic carbocycles. The van der Waals surface area contributed by atoms with Crippen molar-refractivity contribution in [3.05, 3.63) is 28.8 Å². The smallest absolute Gasteiger partial charge is 0.138 e. The van der Waals surface area contributed by atoms with Crippen molar-refractivity contribution in [1.82, 2.24) is 5.32 Å². The van der Waals surface area contributed by atoms with E-state index >= 15 is 0 Å². The molecule has 0 bridgehead atoms. The first kappa shape index (κ1) is 16.3. The highest BCUT2D eigenvalue weighted by Gasteiger charge is 2.06. The van der Waals surface area contributed by atoms with Crippen LogP contribution in [0.15, 0.2) is 18.2 Å². The van der Waals surface area contributed by atoms with E-state index in [1.54, 1.807) is 0 Å². The van der Waals surface area contributed by atoms with Gasteiger partial charge in [-0.3, -0.25) is 0 Å². The van der Waals surface area contributed by atoms with Crippen LogP contribution < -0.4 is 10.1 Å². The third kappa shape index (κ3) is 6.28. The Kier molecular flexibility index (Phi) is 7.21. The maximum Gasteiger partial charge on any atom is 0.138 e. The van der Waals surface area contributed by atoms with Crippen molar-refractivity contribution in [2.75, 3.05) is 13.2 Å². The van der Waals surface area contributed by atoms with Crippen molar-refractivity contribution in [2.45, 2.75) is 39.8 Å². The van der Waals surface area contributed by atoms with Crippen LogP contribution in [-0.4, -0.2) is 24.4 Å². The molecule has 0 heterocycles. The lowest BCUT2D eigenvalue weighted by Gasteiger charge is -2.13. The van der Waals surface area contributed by atoms with Crippen LogP contribution in [0.4, 0.5) is 0 Å². The van der Waals surface area contributed by atoms with E-state index in [1.165, 1.54) is 0 Å². The fourth-order valence-electron chi connectivity index (χ4n) is 1.58. The van der Waals surface area contributed by atoms with Crippen LogP contribution in [-0.2, 0) is 6.54 Å². The van der Waals surface area contributed by atoms with Gasteiger partial charge in [0.1, 0.15) is 12.4 Å². The first-order valence-corrected chi connectivity index (χ1v) is 7.20. The van der Waals surface area contributed by atoms with E-state index in [0.717, 1.165) is 18.7 Å². The van der Waals surface area contributed by atoms with Gasteiger partial charge in [-0.1, -0.05) is 38.4 Å². The Hall–Kier alpha value is -0.770. The topological polar surface area (TPSA) is 41.5 Å². The maximum absolute atomic E-state index is 9.45. The quantitative estimate of drug-likeness (QED) is 0.770. The number of nitrogens with one attached hydrogen (secondary N) is 1. The molecule has 2 N–H and O–H groups in total. The number of hydrogen-bond donors (Lipinski definition) is 2. The van der Waals surface area contributed by atoms with Gasteiger partial charge in [0, 0.05) is 6.54 Å². The van der Waals surface area contributed by atoms with Crippen LogP contribution in [0, 0.1) is 5.92 Å². The first-order valence-electron chi connectivity index (χ1n) is 6.83. The summed E-state index contributed by atoms with van der Waals surface area (Å²) in [5.41, 5.74) is 1.13. The van der Waals surface area contributed by atoms with Crippen LogP contribution in [0.3, 0.4) is 0 Å². The Labute approximate surface area is 120 Å². The summed E-state index contributed by atoms with van der Waals surface area (Å²) < 4.78 is 5.48. The lowest BCUT2D eigenvalue weighted by molar-refractivity contribution is 0.104. The van der Waals surface area contributed by atoms with Gasteiger partial charge in [0.15, 0.2) is 0 Å². The van der Waals surface area contributed by atoms with Crippen molar-refractivity contribution >= 4 is 11.6 Å². The highest BCUT2D eigenvalue weighted by atomic mass is 35.5. The zero-order valence-corrected chi connectivity index (χ0v) is 12.7. The number of rotatable bonds is 8. The lowest BCUT2D eigenvalue weighted by Crippen LogP contribution is -2.19. The summed E-state index contributed by atoms with van der Waals surface area (Å²) in [4.78, 5) is 0. The molecule has 0 amide bonds. The van der Waals surface area contributed by atoms with Crippen molar-refractivity contribution in [3.8, 4) is 5.75 Å².